The summed E-state index contributed by atoms with van der Waals surface area (Å²) in [6, 6.07) is 3.65. The van der Waals surface area contributed by atoms with Gasteiger partial charge in [0.2, 0.25) is 0 Å². The number of rotatable bonds is 6. The van der Waals surface area contributed by atoms with E-state index in [4.69, 9.17) is 0 Å². The molecule has 1 fully saturated rings. The van der Waals surface area contributed by atoms with Crippen LogP contribution in [0.5, 0.6) is 0 Å². The molecule has 2 N–H and O–H groups in total. The van der Waals surface area contributed by atoms with Crippen molar-refractivity contribution >= 4 is 11.7 Å². The first-order valence-electron chi connectivity index (χ1n) is 8.19. The number of amides is 1. The molecule has 0 aliphatic heterocycles. The van der Waals surface area contributed by atoms with Crippen LogP contribution in [-0.4, -0.2) is 24.0 Å². The minimum absolute atomic E-state index is 0.0144. The molecule has 0 spiro atoms. The van der Waals surface area contributed by atoms with Gasteiger partial charge in [0.1, 0.15) is 5.82 Å². The van der Waals surface area contributed by atoms with Crippen LogP contribution < -0.4 is 10.6 Å². The van der Waals surface area contributed by atoms with Crippen molar-refractivity contribution in [2.75, 3.05) is 18.4 Å². The van der Waals surface area contributed by atoms with Gasteiger partial charge in [0, 0.05) is 19.3 Å². The second-order valence-electron chi connectivity index (χ2n) is 6.06. The smallest absolute Gasteiger partial charge is 0.255 e. The van der Waals surface area contributed by atoms with Crippen LogP contribution in [-0.2, 0) is 0 Å². The van der Waals surface area contributed by atoms with Crippen molar-refractivity contribution in [1.82, 2.24) is 10.3 Å². The van der Waals surface area contributed by atoms with E-state index >= 15 is 0 Å². The molecule has 0 radical (unpaired) electrons. The molecular weight excluding hydrogens is 262 g/mol. The first-order chi connectivity index (χ1) is 10.2. The van der Waals surface area contributed by atoms with Gasteiger partial charge in [-0.15, -0.1) is 0 Å². The Bertz CT molecular complexity index is 461. The SMILES string of the molecule is CCCNc1ncccc1C(=O)NCC1CCCCC1C. The predicted molar refractivity (Wildman–Crippen MR) is 86.5 cm³/mol. The Kier molecular flexibility index (Phi) is 6.03. The van der Waals surface area contributed by atoms with E-state index in [1.54, 1.807) is 6.20 Å². The largest absolute Gasteiger partial charge is 0.369 e. The van der Waals surface area contributed by atoms with Gasteiger partial charge in [0.25, 0.3) is 5.91 Å². The summed E-state index contributed by atoms with van der Waals surface area (Å²) in [6.45, 7) is 6.01. The molecular formula is C17H27N3O. The number of carbonyl (C=O) groups is 1. The summed E-state index contributed by atoms with van der Waals surface area (Å²) >= 11 is 0. The van der Waals surface area contributed by atoms with E-state index in [1.165, 1.54) is 25.7 Å². The maximum Gasteiger partial charge on any atom is 0.255 e. The monoisotopic (exact) mass is 289 g/mol. The number of carbonyl (C=O) groups excluding carboxylic acids is 1. The van der Waals surface area contributed by atoms with Gasteiger partial charge >= 0.3 is 0 Å². The zero-order valence-corrected chi connectivity index (χ0v) is 13.2. The third-order valence-electron chi connectivity index (χ3n) is 4.41. The summed E-state index contributed by atoms with van der Waals surface area (Å²) in [5, 5.41) is 6.32. The molecule has 1 amide bonds. The van der Waals surface area contributed by atoms with Crippen molar-refractivity contribution in [1.29, 1.82) is 0 Å². The summed E-state index contributed by atoms with van der Waals surface area (Å²) in [5.74, 6) is 2.00. The number of pyridine rings is 1. The molecule has 2 unspecified atom stereocenters. The number of anilines is 1. The summed E-state index contributed by atoms with van der Waals surface area (Å²) < 4.78 is 0. The molecule has 21 heavy (non-hydrogen) atoms. The molecule has 1 aliphatic rings. The highest BCUT2D eigenvalue weighted by Gasteiger charge is 2.22. The average Bonchev–Trinajstić information content (AvgIpc) is 2.52. The van der Waals surface area contributed by atoms with Gasteiger partial charge in [-0.1, -0.05) is 33.1 Å². The average molecular weight is 289 g/mol. The molecule has 4 nitrogen and oxygen atoms in total. The lowest BCUT2D eigenvalue weighted by Crippen LogP contribution is -2.33. The van der Waals surface area contributed by atoms with Crippen LogP contribution in [0.25, 0.3) is 0 Å². The summed E-state index contributed by atoms with van der Waals surface area (Å²) in [6.07, 6.45) is 7.88. The molecule has 0 aromatic carbocycles. The highest BCUT2D eigenvalue weighted by atomic mass is 16.1. The third kappa shape index (κ3) is 4.45. The lowest BCUT2D eigenvalue weighted by Gasteiger charge is -2.28. The first kappa shape index (κ1) is 15.8. The molecule has 4 heteroatoms. The Hall–Kier alpha value is -1.58. The third-order valence-corrected chi connectivity index (χ3v) is 4.41. The van der Waals surface area contributed by atoms with Crippen LogP contribution in [0, 0.1) is 11.8 Å². The van der Waals surface area contributed by atoms with Crippen molar-refractivity contribution in [3.63, 3.8) is 0 Å². The molecule has 0 saturated heterocycles. The molecule has 1 aliphatic carbocycles. The van der Waals surface area contributed by atoms with E-state index in [9.17, 15) is 4.79 Å². The van der Waals surface area contributed by atoms with Crippen molar-refractivity contribution in [2.45, 2.75) is 46.0 Å². The standard InChI is InChI=1S/C17H27N3O/c1-3-10-18-16-15(9-6-11-19-16)17(21)20-12-14-8-5-4-7-13(14)2/h6,9,11,13-14H,3-5,7-8,10,12H2,1-2H3,(H,18,19)(H,20,21). The minimum atomic E-state index is -0.0144. The Balaban J connectivity index is 1.93. The van der Waals surface area contributed by atoms with Gasteiger partial charge in [-0.25, -0.2) is 4.98 Å². The van der Waals surface area contributed by atoms with Crippen molar-refractivity contribution in [3.8, 4) is 0 Å². The number of hydrogen-bond donors (Lipinski definition) is 2. The van der Waals surface area contributed by atoms with Gasteiger partial charge in [-0.2, -0.15) is 0 Å². The first-order valence-corrected chi connectivity index (χ1v) is 8.19. The van der Waals surface area contributed by atoms with E-state index in [2.05, 4.69) is 29.5 Å². The lowest BCUT2D eigenvalue weighted by molar-refractivity contribution is 0.0937. The topological polar surface area (TPSA) is 54.0 Å². The van der Waals surface area contributed by atoms with Gasteiger partial charge in [-0.05, 0) is 36.8 Å². The number of nitrogens with zero attached hydrogens (tertiary/aromatic N) is 1. The van der Waals surface area contributed by atoms with Gasteiger partial charge < -0.3 is 10.6 Å². The Morgan fingerprint density at radius 2 is 2.19 bits per heavy atom. The quantitative estimate of drug-likeness (QED) is 0.843. The van der Waals surface area contributed by atoms with E-state index in [-0.39, 0.29) is 5.91 Å². The van der Waals surface area contributed by atoms with Crippen LogP contribution in [0.3, 0.4) is 0 Å². The molecule has 116 valence electrons. The van der Waals surface area contributed by atoms with E-state index in [0.29, 0.717) is 23.2 Å². The van der Waals surface area contributed by atoms with Gasteiger partial charge in [0.05, 0.1) is 5.56 Å². The van der Waals surface area contributed by atoms with E-state index in [1.807, 2.05) is 12.1 Å². The number of nitrogens with one attached hydrogen (secondary N) is 2. The van der Waals surface area contributed by atoms with Crippen molar-refractivity contribution in [3.05, 3.63) is 23.9 Å². The Labute approximate surface area is 127 Å². The summed E-state index contributed by atoms with van der Waals surface area (Å²) in [4.78, 5) is 16.7. The highest BCUT2D eigenvalue weighted by molar-refractivity contribution is 5.98. The van der Waals surface area contributed by atoms with Crippen LogP contribution in [0.4, 0.5) is 5.82 Å². The van der Waals surface area contributed by atoms with Crippen molar-refractivity contribution < 1.29 is 4.79 Å². The molecule has 0 bridgehead atoms. The second-order valence-corrected chi connectivity index (χ2v) is 6.06. The normalized spacial score (nSPS) is 21.8. The zero-order valence-electron chi connectivity index (χ0n) is 13.2. The summed E-state index contributed by atoms with van der Waals surface area (Å²) in [7, 11) is 0. The van der Waals surface area contributed by atoms with Crippen LogP contribution in [0.1, 0.15) is 56.3 Å². The molecule has 1 heterocycles. The molecule has 1 saturated carbocycles. The summed E-state index contributed by atoms with van der Waals surface area (Å²) in [5.41, 5.74) is 0.648. The lowest BCUT2D eigenvalue weighted by atomic mass is 9.80. The van der Waals surface area contributed by atoms with Crippen LogP contribution in [0.2, 0.25) is 0 Å². The van der Waals surface area contributed by atoms with Crippen molar-refractivity contribution in [2.24, 2.45) is 11.8 Å². The number of hydrogen-bond acceptors (Lipinski definition) is 3. The maximum absolute atomic E-state index is 12.4. The van der Waals surface area contributed by atoms with E-state index in [0.717, 1.165) is 19.5 Å². The zero-order chi connectivity index (χ0) is 15.1. The van der Waals surface area contributed by atoms with E-state index < -0.39 is 0 Å². The highest BCUT2D eigenvalue weighted by Crippen LogP contribution is 2.28. The predicted octanol–water partition coefficient (Wildman–Crippen LogP) is 3.46. The fraction of sp³-hybridized carbons (Fsp3) is 0.647. The minimum Gasteiger partial charge on any atom is -0.369 e. The molecule has 2 rings (SSSR count). The second kappa shape index (κ2) is 8.01. The Morgan fingerprint density at radius 3 is 2.95 bits per heavy atom. The van der Waals surface area contributed by atoms with Crippen LogP contribution in [0.15, 0.2) is 18.3 Å². The maximum atomic E-state index is 12.4. The van der Waals surface area contributed by atoms with Crippen LogP contribution >= 0.6 is 0 Å². The van der Waals surface area contributed by atoms with Gasteiger partial charge in [0.15, 0.2) is 0 Å². The Morgan fingerprint density at radius 1 is 1.38 bits per heavy atom. The molecule has 2 atom stereocenters. The molecule has 1 aromatic rings. The fourth-order valence-electron chi connectivity index (χ4n) is 2.99. The molecule has 1 aromatic heterocycles. The number of aromatic nitrogens is 1. The fourth-order valence-corrected chi connectivity index (χ4v) is 2.99. The van der Waals surface area contributed by atoms with Gasteiger partial charge in [-0.3, -0.25) is 4.79 Å².